The average molecular weight is 1040 g/mol. The highest BCUT2D eigenvalue weighted by Gasteiger charge is 2.36. The lowest BCUT2D eigenvalue weighted by molar-refractivity contribution is 0.660. The topological polar surface area (TPSA) is 6.48 Å². The van der Waals surface area contributed by atoms with Crippen molar-refractivity contribution < 1.29 is 0 Å². The van der Waals surface area contributed by atoms with Crippen LogP contribution in [0.5, 0.6) is 0 Å². The van der Waals surface area contributed by atoms with Crippen LogP contribution in [0, 0.1) is 0 Å². The van der Waals surface area contributed by atoms with Crippen molar-refractivity contribution in [1.29, 1.82) is 0 Å². The van der Waals surface area contributed by atoms with Gasteiger partial charge in [-0.2, -0.15) is 0 Å². The van der Waals surface area contributed by atoms with Crippen molar-refractivity contribution in [2.45, 2.75) is 19.3 Å². The van der Waals surface area contributed by atoms with E-state index in [2.05, 4.69) is 339 Å². The fraction of sp³-hybridized carbons (Fsp3) is 0.0380. The molecule has 0 amide bonds. The molecule has 0 atom stereocenters. The zero-order chi connectivity index (χ0) is 54.3. The number of rotatable bonds is 12. The van der Waals surface area contributed by atoms with Crippen LogP contribution in [0.15, 0.2) is 315 Å². The molecule has 2 heteroatoms. The van der Waals surface area contributed by atoms with Crippen LogP contribution in [-0.2, 0) is 5.41 Å². The van der Waals surface area contributed by atoms with Crippen LogP contribution in [0.4, 0.5) is 34.1 Å². The highest BCUT2D eigenvalue weighted by molar-refractivity contribution is 6.01. The fourth-order valence-corrected chi connectivity index (χ4v) is 12.5. The molecule has 1 aliphatic carbocycles. The van der Waals surface area contributed by atoms with Crippen molar-refractivity contribution in [2.75, 3.05) is 9.80 Å². The van der Waals surface area contributed by atoms with E-state index in [-0.39, 0.29) is 5.41 Å². The summed E-state index contributed by atoms with van der Waals surface area (Å²) in [4.78, 5) is 4.75. The molecule has 0 saturated carbocycles. The first-order valence-corrected chi connectivity index (χ1v) is 28.1. The molecule has 0 bridgehead atoms. The molecule has 0 saturated heterocycles. The first-order valence-electron chi connectivity index (χ1n) is 28.1. The summed E-state index contributed by atoms with van der Waals surface area (Å²) >= 11 is 0. The fourth-order valence-electron chi connectivity index (χ4n) is 12.5. The summed E-state index contributed by atoms with van der Waals surface area (Å²) < 4.78 is 0. The summed E-state index contributed by atoms with van der Waals surface area (Å²) in [6.07, 6.45) is 0. The Bertz CT molecular complexity index is 4370. The van der Waals surface area contributed by atoms with Crippen molar-refractivity contribution in [3.05, 3.63) is 327 Å². The van der Waals surface area contributed by atoms with Crippen LogP contribution in [0.25, 0.3) is 88.7 Å². The summed E-state index contributed by atoms with van der Waals surface area (Å²) in [5.41, 5.74) is 26.0. The molecule has 0 N–H and O–H groups in total. The molecule has 13 aromatic rings. The zero-order valence-electron chi connectivity index (χ0n) is 45.4. The van der Waals surface area contributed by atoms with Crippen LogP contribution in [0.2, 0.25) is 0 Å². The molecular weight excluding hydrogens is 977 g/mol. The van der Waals surface area contributed by atoms with E-state index in [4.69, 9.17) is 0 Å². The Balaban J connectivity index is 0.840. The summed E-state index contributed by atoms with van der Waals surface area (Å²) in [5, 5.41) is 2.50. The first-order chi connectivity index (χ1) is 39.9. The lowest BCUT2D eigenvalue weighted by Gasteiger charge is -2.28. The average Bonchev–Trinajstić information content (AvgIpc) is 3.80. The maximum Gasteiger partial charge on any atom is 0.0465 e. The van der Waals surface area contributed by atoms with Gasteiger partial charge in [-0.3, -0.25) is 0 Å². The van der Waals surface area contributed by atoms with E-state index in [1.807, 2.05) is 0 Å². The Morgan fingerprint density at radius 2 is 0.556 bits per heavy atom. The van der Waals surface area contributed by atoms with Gasteiger partial charge in [-0.1, -0.05) is 244 Å². The highest BCUT2D eigenvalue weighted by Crippen LogP contribution is 2.51. The van der Waals surface area contributed by atoms with Crippen molar-refractivity contribution >= 4 is 44.9 Å². The maximum absolute atomic E-state index is 2.42. The minimum absolute atomic E-state index is 0.114. The molecule has 1 aliphatic rings. The maximum atomic E-state index is 2.42. The third-order valence-corrected chi connectivity index (χ3v) is 16.5. The van der Waals surface area contributed by atoms with Gasteiger partial charge in [0.2, 0.25) is 0 Å². The molecule has 81 heavy (non-hydrogen) atoms. The van der Waals surface area contributed by atoms with Crippen LogP contribution in [0.1, 0.15) is 25.0 Å². The number of nitrogens with zero attached hydrogens (tertiary/aromatic N) is 2. The smallest absolute Gasteiger partial charge is 0.0465 e. The number of anilines is 6. The summed E-state index contributed by atoms with van der Waals surface area (Å²) in [6.45, 7) is 4.71. The molecule has 0 aromatic heterocycles. The van der Waals surface area contributed by atoms with Gasteiger partial charge in [-0.05, 0) is 185 Å². The van der Waals surface area contributed by atoms with Crippen molar-refractivity contribution in [3.8, 4) is 77.9 Å². The van der Waals surface area contributed by atoms with Crippen LogP contribution >= 0.6 is 0 Å². The quantitative estimate of drug-likeness (QED) is 0.120. The summed E-state index contributed by atoms with van der Waals surface area (Å²) in [7, 11) is 0. The number of fused-ring (bicyclic) bond motifs is 4. The van der Waals surface area contributed by atoms with E-state index < -0.39 is 0 Å². The van der Waals surface area contributed by atoms with Gasteiger partial charge in [0.15, 0.2) is 0 Å². The number of para-hydroxylation sites is 2. The first kappa shape index (κ1) is 49.0. The van der Waals surface area contributed by atoms with Crippen molar-refractivity contribution in [1.82, 2.24) is 0 Å². The Hall–Kier alpha value is -10.3. The van der Waals surface area contributed by atoms with E-state index in [0.717, 1.165) is 45.3 Å². The van der Waals surface area contributed by atoms with Gasteiger partial charge >= 0.3 is 0 Å². The van der Waals surface area contributed by atoms with E-state index in [0.29, 0.717) is 0 Å². The zero-order valence-corrected chi connectivity index (χ0v) is 45.4. The molecule has 384 valence electrons. The molecule has 0 heterocycles. The monoisotopic (exact) mass is 1030 g/mol. The Morgan fingerprint density at radius 1 is 0.210 bits per heavy atom. The second kappa shape index (κ2) is 20.8. The Labute approximate surface area is 475 Å². The molecule has 13 aromatic carbocycles. The van der Waals surface area contributed by atoms with Crippen molar-refractivity contribution in [3.63, 3.8) is 0 Å². The predicted octanol–water partition coefficient (Wildman–Crippen LogP) is 22.1. The van der Waals surface area contributed by atoms with Gasteiger partial charge in [0, 0.05) is 39.5 Å². The largest absolute Gasteiger partial charge is 0.311 e. The highest BCUT2D eigenvalue weighted by atomic mass is 15.1. The molecule has 0 spiro atoms. The number of hydrogen-bond acceptors (Lipinski definition) is 2. The van der Waals surface area contributed by atoms with Crippen LogP contribution in [-0.4, -0.2) is 0 Å². The van der Waals surface area contributed by atoms with Gasteiger partial charge in [0.1, 0.15) is 0 Å². The normalized spacial score (nSPS) is 12.2. The van der Waals surface area contributed by atoms with Gasteiger partial charge < -0.3 is 9.80 Å². The Kier molecular flexibility index (Phi) is 12.6. The predicted molar refractivity (Wildman–Crippen MR) is 343 cm³/mol. The van der Waals surface area contributed by atoms with Gasteiger partial charge in [0.05, 0.1) is 0 Å². The van der Waals surface area contributed by atoms with Crippen LogP contribution < -0.4 is 9.80 Å². The summed E-state index contributed by atoms with van der Waals surface area (Å²) in [5.74, 6) is 0. The molecular formula is C79H58N2. The lowest BCUT2D eigenvalue weighted by Crippen LogP contribution is -2.16. The van der Waals surface area contributed by atoms with E-state index in [1.54, 1.807) is 0 Å². The van der Waals surface area contributed by atoms with E-state index >= 15 is 0 Å². The molecule has 2 nitrogen and oxygen atoms in total. The van der Waals surface area contributed by atoms with Crippen LogP contribution in [0.3, 0.4) is 0 Å². The SMILES string of the molecule is CC1(C)c2ccccc2-c2ccc(N(c3ccccc3)c3ccc(-c4cc(-c5ccccc5)c(-c5ccc(N(c6ccccc6)c6ccc(-c7ccccc7-c7cccc8ccccc78)cc6)cc5)cc4-c4ccccc4)cc3)cc21. The van der Waals surface area contributed by atoms with Gasteiger partial charge in [-0.25, -0.2) is 0 Å². The minimum Gasteiger partial charge on any atom is -0.311 e. The van der Waals surface area contributed by atoms with Crippen molar-refractivity contribution in [2.24, 2.45) is 0 Å². The number of hydrogen-bond donors (Lipinski definition) is 0. The second-order valence-corrected chi connectivity index (χ2v) is 21.6. The van der Waals surface area contributed by atoms with E-state index in [1.165, 1.54) is 88.7 Å². The molecule has 14 rings (SSSR count). The third-order valence-electron chi connectivity index (χ3n) is 16.5. The lowest BCUT2D eigenvalue weighted by atomic mass is 9.82. The van der Waals surface area contributed by atoms with E-state index in [9.17, 15) is 0 Å². The Morgan fingerprint density at radius 3 is 1.09 bits per heavy atom. The minimum atomic E-state index is -0.114. The standard InChI is InChI=1S/C79H58N2/c1-79(2)77-37-20-19-35-71(77)72-51-50-66(52-78(72)79)81(62-30-13-6-14-31-62)65-48-42-60(43-49-65)76-54-73(56-22-7-3-8-23-56)75(53-74(76)57-24-9-4-10-25-57)59-40-46-64(47-41-59)80(61-28-11-5-12-29-61)63-44-38-58(39-45-63)68-33-17-18-34-69(68)70-36-21-27-55-26-15-16-32-67(55)70/h3-54H,1-2H3. The number of benzene rings is 13. The molecule has 0 fully saturated rings. The second-order valence-electron chi connectivity index (χ2n) is 21.6. The molecule has 0 aliphatic heterocycles. The summed E-state index contributed by atoms with van der Waals surface area (Å²) in [6, 6.07) is 115. The molecule has 0 radical (unpaired) electrons. The van der Waals surface area contributed by atoms with Gasteiger partial charge in [-0.15, -0.1) is 0 Å². The molecule has 0 unspecified atom stereocenters. The van der Waals surface area contributed by atoms with Gasteiger partial charge in [0.25, 0.3) is 0 Å². The third kappa shape index (κ3) is 9.07.